The number of fused-ring (bicyclic) bond motifs is 1. The summed E-state index contributed by atoms with van der Waals surface area (Å²) in [6, 6.07) is 11.7. The van der Waals surface area contributed by atoms with E-state index in [0.29, 0.717) is 35.4 Å². The monoisotopic (exact) mass is 388 g/mol. The molecular formula is C23H24N4O2. The molecule has 29 heavy (non-hydrogen) atoms. The molecule has 3 aromatic rings. The van der Waals surface area contributed by atoms with Crippen LogP contribution in [0.4, 0.5) is 0 Å². The maximum atomic E-state index is 6.11. The van der Waals surface area contributed by atoms with Crippen LogP contribution < -0.4 is 9.47 Å². The summed E-state index contributed by atoms with van der Waals surface area (Å²) in [5.74, 6) is 7.51. The van der Waals surface area contributed by atoms with Gasteiger partial charge in [-0.15, -0.1) is 0 Å². The number of nitrogens with zero attached hydrogens (tertiary/aromatic N) is 4. The molecule has 148 valence electrons. The number of hydrogen-bond donors (Lipinski definition) is 0. The SMILES string of the molecule is COc1ccc(C#Cc2nc3ncccc3nc2OCC2CCCCN2C)cc1. The minimum Gasteiger partial charge on any atom is -0.497 e. The summed E-state index contributed by atoms with van der Waals surface area (Å²) in [6.07, 6.45) is 5.31. The molecule has 0 aliphatic carbocycles. The molecule has 1 atom stereocenters. The Morgan fingerprint density at radius 3 is 2.76 bits per heavy atom. The van der Waals surface area contributed by atoms with E-state index in [1.807, 2.05) is 36.4 Å². The van der Waals surface area contributed by atoms with Gasteiger partial charge in [-0.05, 0) is 68.8 Å². The summed E-state index contributed by atoms with van der Waals surface area (Å²) in [5, 5.41) is 0. The van der Waals surface area contributed by atoms with Gasteiger partial charge >= 0.3 is 0 Å². The second-order valence-corrected chi connectivity index (χ2v) is 7.14. The van der Waals surface area contributed by atoms with Crippen LogP contribution in [0.3, 0.4) is 0 Å². The molecule has 1 aliphatic heterocycles. The van der Waals surface area contributed by atoms with E-state index >= 15 is 0 Å². The number of ether oxygens (including phenoxy) is 2. The van der Waals surface area contributed by atoms with Crippen LogP contribution in [-0.4, -0.2) is 53.2 Å². The minimum absolute atomic E-state index is 0.387. The highest BCUT2D eigenvalue weighted by molar-refractivity contribution is 5.71. The molecule has 2 aromatic heterocycles. The molecule has 4 rings (SSSR count). The van der Waals surface area contributed by atoms with E-state index in [1.165, 1.54) is 12.8 Å². The van der Waals surface area contributed by atoms with Crippen LogP contribution >= 0.6 is 0 Å². The molecule has 0 bridgehead atoms. The van der Waals surface area contributed by atoms with Gasteiger partial charge in [-0.3, -0.25) is 0 Å². The van der Waals surface area contributed by atoms with Crippen molar-refractivity contribution in [3.63, 3.8) is 0 Å². The molecule has 0 N–H and O–H groups in total. The zero-order chi connectivity index (χ0) is 20.1. The molecule has 3 heterocycles. The Morgan fingerprint density at radius 2 is 1.97 bits per heavy atom. The highest BCUT2D eigenvalue weighted by Gasteiger charge is 2.20. The smallest absolute Gasteiger partial charge is 0.249 e. The number of hydrogen-bond acceptors (Lipinski definition) is 6. The standard InChI is InChI=1S/C23H24N4O2/c1-27-15-4-3-6-18(27)16-29-23-21(25-22-20(26-23)7-5-14-24-22)13-10-17-8-11-19(28-2)12-9-17/h5,7-9,11-12,14,18H,3-4,6,15-16H2,1-2H3. The molecular weight excluding hydrogens is 364 g/mol. The summed E-state index contributed by atoms with van der Waals surface area (Å²) in [4.78, 5) is 15.9. The molecule has 6 heteroatoms. The first kappa shape index (κ1) is 19.2. The zero-order valence-electron chi connectivity index (χ0n) is 16.8. The van der Waals surface area contributed by atoms with Crippen LogP contribution in [0.5, 0.6) is 11.6 Å². The third-order valence-electron chi connectivity index (χ3n) is 5.16. The van der Waals surface area contributed by atoms with Crippen molar-refractivity contribution in [3.05, 3.63) is 53.9 Å². The Morgan fingerprint density at radius 1 is 1.10 bits per heavy atom. The molecule has 1 saturated heterocycles. The number of aromatic nitrogens is 3. The van der Waals surface area contributed by atoms with Crippen molar-refractivity contribution >= 4 is 11.2 Å². The Balaban J connectivity index is 1.62. The van der Waals surface area contributed by atoms with Gasteiger partial charge in [-0.25, -0.2) is 15.0 Å². The Hall–Kier alpha value is -3.17. The molecule has 1 aromatic carbocycles. The number of benzene rings is 1. The fourth-order valence-electron chi connectivity index (χ4n) is 3.40. The number of piperidine rings is 1. The van der Waals surface area contributed by atoms with Gasteiger partial charge in [0.1, 0.15) is 17.9 Å². The maximum Gasteiger partial charge on any atom is 0.249 e. The highest BCUT2D eigenvalue weighted by Crippen LogP contribution is 2.20. The average Bonchev–Trinajstić information content (AvgIpc) is 2.77. The lowest BCUT2D eigenvalue weighted by atomic mass is 10.0. The molecule has 0 saturated carbocycles. The lowest BCUT2D eigenvalue weighted by Crippen LogP contribution is -2.40. The van der Waals surface area contributed by atoms with Crippen molar-refractivity contribution in [1.82, 2.24) is 19.9 Å². The lowest BCUT2D eigenvalue weighted by Gasteiger charge is -2.32. The van der Waals surface area contributed by atoms with Gasteiger partial charge in [0.2, 0.25) is 5.88 Å². The fraction of sp³-hybridized carbons (Fsp3) is 0.348. The average molecular weight is 388 g/mol. The number of likely N-dealkylation sites (tertiary alicyclic amines) is 1. The number of rotatable bonds is 4. The normalized spacial score (nSPS) is 16.8. The van der Waals surface area contributed by atoms with Gasteiger partial charge in [0.05, 0.1) is 7.11 Å². The van der Waals surface area contributed by atoms with E-state index in [0.717, 1.165) is 24.3 Å². The van der Waals surface area contributed by atoms with Gasteiger partial charge < -0.3 is 14.4 Å². The zero-order valence-corrected chi connectivity index (χ0v) is 16.8. The number of methoxy groups -OCH3 is 1. The van der Waals surface area contributed by atoms with E-state index < -0.39 is 0 Å². The first-order chi connectivity index (χ1) is 14.2. The van der Waals surface area contributed by atoms with E-state index in [1.54, 1.807) is 13.3 Å². The van der Waals surface area contributed by atoms with Crippen LogP contribution in [0.2, 0.25) is 0 Å². The molecule has 0 spiro atoms. The second kappa shape index (κ2) is 8.89. The third kappa shape index (κ3) is 4.64. The van der Waals surface area contributed by atoms with Crippen molar-refractivity contribution in [1.29, 1.82) is 0 Å². The first-order valence-corrected chi connectivity index (χ1v) is 9.85. The van der Waals surface area contributed by atoms with Gasteiger partial charge in [0.25, 0.3) is 0 Å². The van der Waals surface area contributed by atoms with Crippen molar-refractivity contribution in [2.24, 2.45) is 0 Å². The van der Waals surface area contributed by atoms with E-state index in [-0.39, 0.29) is 0 Å². The summed E-state index contributed by atoms with van der Waals surface area (Å²) in [7, 11) is 3.79. The molecule has 6 nitrogen and oxygen atoms in total. The maximum absolute atomic E-state index is 6.11. The van der Waals surface area contributed by atoms with Crippen molar-refractivity contribution in [2.75, 3.05) is 27.3 Å². The molecule has 1 fully saturated rings. The molecule has 1 aliphatic rings. The van der Waals surface area contributed by atoms with E-state index in [4.69, 9.17) is 9.47 Å². The number of pyridine rings is 1. The van der Waals surface area contributed by atoms with E-state index in [9.17, 15) is 0 Å². The summed E-state index contributed by atoms with van der Waals surface area (Å²) >= 11 is 0. The summed E-state index contributed by atoms with van der Waals surface area (Å²) in [5.41, 5.74) is 2.64. The van der Waals surface area contributed by atoms with Gasteiger partial charge in [-0.1, -0.05) is 12.3 Å². The quantitative estimate of drug-likeness (QED) is 0.639. The fourth-order valence-corrected chi connectivity index (χ4v) is 3.40. The van der Waals surface area contributed by atoms with Gasteiger partial charge in [0.15, 0.2) is 11.3 Å². The van der Waals surface area contributed by atoms with Crippen LogP contribution in [0.1, 0.15) is 30.5 Å². The predicted molar refractivity (Wildman–Crippen MR) is 112 cm³/mol. The molecule has 0 radical (unpaired) electrons. The lowest BCUT2D eigenvalue weighted by molar-refractivity contribution is 0.122. The highest BCUT2D eigenvalue weighted by atomic mass is 16.5. The minimum atomic E-state index is 0.387. The Kier molecular flexibility index (Phi) is 5.87. The summed E-state index contributed by atoms with van der Waals surface area (Å²) in [6.45, 7) is 1.68. The second-order valence-electron chi connectivity index (χ2n) is 7.14. The topological polar surface area (TPSA) is 60.4 Å². The third-order valence-corrected chi connectivity index (χ3v) is 5.16. The van der Waals surface area contributed by atoms with Crippen LogP contribution in [0, 0.1) is 11.8 Å². The largest absolute Gasteiger partial charge is 0.497 e. The Labute approximate surface area is 170 Å². The van der Waals surface area contributed by atoms with Crippen LogP contribution in [0.15, 0.2) is 42.6 Å². The molecule has 0 amide bonds. The number of likely N-dealkylation sites (N-methyl/N-ethyl adjacent to an activating group) is 1. The first-order valence-electron chi connectivity index (χ1n) is 9.85. The van der Waals surface area contributed by atoms with Crippen LogP contribution in [0.25, 0.3) is 11.2 Å². The molecule has 1 unspecified atom stereocenters. The van der Waals surface area contributed by atoms with Gasteiger partial charge in [-0.2, -0.15) is 0 Å². The van der Waals surface area contributed by atoms with Crippen molar-refractivity contribution in [3.8, 4) is 23.5 Å². The van der Waals surface area contributed by atoms with Crippen molar-refractivity contribution < 1.29 is 9.47 Å². The van der Waals surface area contributed by atoms with E-state index in [2.05, 4.69) is 38.7 Å². The van der Waals surface area contributed by atoms with Gasteiger partial charge in [0, 0.05) is 17.8 Å². The van der Waals surface area contributed by atoms with Crippen molar-refractivity contribution in [2.45, 2.75) is 25.3 Å². The Bertz CT molecular complexity index is 1040. The van der Waals surface area contributed by atoms with Crippen LogP contribution in [-0.2, 0) is 0 Å². The predicted octanol–water partition coefficient (Wildman–Crippen LogP) is 3.30. The summed E-state index contributed by atoms with van der Waals surface area (Å²) < 4.78 is 11.3.